The van der Waals surface area contributed by atoms with Crippen molar-refractivity contribution in [3.8, 4) is 0 Å². The Morgan fingerprint density at radius 1 is 1.57 bits per heavy atom. The molecule has 1 amide bonds. The number of rotatable bonds is 2. The smallest absolute Gasteiger partial charge is 0.328 e. The van der Waals surface area contributed by atoms with E-state index in [0.717, 1.165) is 6.42 Å². The van der Waals surface area contributed by atoms with Gasteiger partial charge < -0.3 is 9.64 Å². The Balaban J connectivity index is 2.68. The number of methoxy groups -OCH3 is 1. The first-order chi connectivity index (χ1) is 6.57. The van der Waals surface area contributed by atoms with Crippen molar-refractivity contribution in [3.05, 3.63) is 0 Å². The minimum atomic E-state index is -0.382. The number of amides is 1. The molecule has 0 spiro atoms. The van der Waals surface area contributed by atoms with E-state index in [1.165, 1.54) is 7.11 Å². The Bertz CT molecular complexity index is 242. The van der Waals surface area contributed by atoms with Gasteiger partial charge in [-0.1, -0.05) is 15.9 Å². The van der Waals surface area contributed by atoms with Gasteiger partial charge in [0.2, 0.25) is 5.91 Å². The molecule has 1 heterocycles. The summed E-state index contributed by atoms with van der Waals surface area (Å²) in [6.07, 6.45) is 1.57. The lowest BCUT2D eigenvalue weighted by molar-refractivity contribution is -0.150. The van der Waals surface area contributed by atoms with Crippen LogP contribution in [0.3, 0.4) is 0 Å². The first kappa shape index (κ1) is 11.5. The summed E-state index contributed by atoms with van der Waals surface area (Å²) in [6.45, 7) is 2.41. The molecule has 5 heteroatoms. The molecule has 1 aliphatic rings. The highest BCUT2D eigenvalue weighted by atomic mass is 79.9. The molecule has 1 saturated heterocycles. The van der Waals surface area contributed by atoms with Crippen molar-refractivity contribution in [2.24, 2.45) is 0 Å². The van der Waals surface area contributed by atoms with E-state index in [-0.39, 0.29) is 22.7 Å². The van der Waals surface area contributed by atoms with Crippen LogP contribution in [0.25, 0.3) is 0 Å². The van der Waals surface area contributed by atoms with Crippen LogP contribution in [0, 0.1) is 0 Å². The molecule has 4 nitrogen and oxygen atoms in total. The molecule has 14 heavy (non-hydrogen) atoms. The first-order valence-electron chi connectivity index (χ1n) is 4.60. The maximum absolute atomic E-state index is 11.6. The van der Waals surface area contributed by atoms with Gasteiger partial charge in [0.25, 0.3) is 0 Å². The average molecular weight is 264 g/mol. The van der Waals surface area contributed by atoms with Crippen molar-refractivity contribution in [3.63, 3.8) is 0 Å². The zero-order valence-electron chi connectivity index (χ0n) is 8.33. The Kier molecular flexibility index (Phi) is 3.92. The van der Waals surface area contributed by atoms with Crippen LogP contribution in [0.2, 0.25) is 0 Å². The highest BCUT2D eigenvalue weighted by Gasteiger charge is 2.35. The van der Waals surface area contributed by atoms with E-state index in [1.807, 2.05) is 0 Å². The standard InChI is InChI=1S/C9H14BrNO3/c1-6(10)8(12)11-5-3-4-7(11)9(13)14-2/h6-7H,3-5H2,1-2H3/t6?,7-/m0/s1. The molecule has 0 N–H and O–H groups in total. The van der Waals surface area contributed by atoms with E-state index in [9.17, 15) is 9.59 Å². The molecule has 1 rings (SSSR count). The van der Waals surface area contributed by atoms with Crippen molar-refractivity contribution in [1.29, 1.82) is 0 Å². The molecule has 0 bridgehead atoms. The highest BCUT2D eigenvalue weighted by molar-refractivity contribution is 9.10. The molecule has 80 valence electrons. The highest BCUT2D eigenvalue weighted by Crippen LogP contribution is 2.20. The average Bonchev–Trinajstić information content (AvgIpc) is 2.63. The lowest BCUT2D eigenvalue weighted by Crippen LogP contribution is -2.43. The predicted octanol–water partition coefficient (Wildman–Crippen LogP) is 0.934. The minimum Gasteiger partial charge on any atom is -0.467 e. The minimum absolute atomic E-state index is 0.0436. The summed E-state index contributed by atoms with van der Waals surface area (Å²) in [4.78, 5) is 24.3. The third kappa shape index (κ3) is 2.26. The Morgan fingerprint density at radius 2 is 2.21 bits per heavy atom. The summed E-state index contributed by atoms with van der Waals surface area (Å²) in [6, 6.07) is -0.382. The van der Waals surface area contributed by atoms with Crippen LogP contribution in [0.4, 0.5) is 0 Å². The summed E-state index contributed by atoms with van der Waals surface area (Å²) in [5.41, 5.74) is 0. The first-order valence-corrected chi connectivity index (χ1v) is 5.52. The number of alkyl halides is 1. The topological polar surface area (TPSA) is 46.6 Å². The van der Waals surface area contributed by atoms with Crippen molar-refractivity contribution >= 4 is 27.8 Å². The summed E-state index contributed by atoms with van der Waals surface area (Å²) >= 11 is 3.21. The molecule has 1 fully saturated rings. The maximum atomic E-state index is 11.6. The van der Waals surface area contributed by atoms with Crippen LogP contribution in [-0.4, -0.2) is 41.3 Å². The van der Waals surface area contributed by atoms with Crippen LogP contribution in [0.5, 0.6) is 0 Å². The number of esters is 1. The summed E-state index contributed by atoms with van der Waals surface area (Å²) in [5.74, 6) is -0.359. The second-order valence-electron chi connectivity index (χ2n) is 3.33. The Hall–Kier alpha value is -0.580. The summed E-state index contributed by atoms with van der Waals surface area (Å²) in [5, 5.41) is 0. The number of nitrogens with zero attached hydrogens (tertiary/aromatic N) is 1. The van der Waals surface area contributed by atoms with E-state index in [0.29, 0.717) is 13.0 Å². The van der Waals surface area contributed by atoms with Gasteiger partial charge >= 0.3 is 5.97 Å². The Morgan fingerprint density at radius 3 is 2.71 bits per heavy atom. The van der Waals surface area contributed by atoms with Gasteiger partial charge in [-0.3, -0.25) is 4.79 Å². The van der Waals surface area contributed by atoms with Crippen molar-refractivity contribution in [1.82, 2.24) is 4.90 Å². The zero-order chi connectivity index (χ0) is 10.7. The van der Waals surface area contributed by atoms with E-state index in [2.05, 4.69) is 20.7 Å². The van der Waals surface area contributed by atoms with Gasteiger partial charge in [0.15, 0.2) is 0 Å². The molecule has 0 aromatic heterocycles. The normalized spacial score (nSPS) is 23.4. The number of hydrogen-bond donors (Lipinski definition) is 0. The fourth-order valence-corrected chi connectivity index (χ4v) is 1.90. The van der Waals surface area contributed by atoms with Gasteiger partial charge in [-0.15, -0.1) is 0 Å². The largest absolute Gasteiger partial charge is 0.467 e. The molecule has 2 atom stereocenters. The van der Waals surface area contributed by atoms with E-state index in [1.54, 1.807) is 11.8 Å². The lowest BCUT2D eigenvalue weighted by atomic mass is 10.2. The predicted molar refractivity (Wildman–Crippen MR) is 55.1 cm³/mol. The van der Waals surface area contributed by atoms with Crippen molar-refractivity contribution in [2.75, 3.05) is 13.7 Å². The van der Waals surface area contributed by atoms with Crippen LogP contribution < -0.4 is 0 Å². The number of likely N-dealkylation sites (tertiary alicyclic amines) is 1. The van der Waals surface area contributed by atoms with Crippen LogP contribution in [0.1, 0.15) is 19.8 Å². The molecular formula is C9H14BrNO3. The van der Waals surface area contributed by atoms with E-state index < -0.39 is 0 Å². The fourth-order valence-electron chi connectivity index (χ4n) is 1.64. The number of hydrogen-bond acceptors (Lipinski definition) is 3. The molecule has 0 radical (unpaired) electrons. The van der Waals surface area contributed by atoms with Crippen molar-refractivity contribution < 1.29 is 14.3 Å². The monoisotopic (exact) mass is 263 g/mol. The van der Waals surface area contributed by atoms with Gasteiger partial charge in [0.1, 0.15) is 6.04 Å². The molecule has 0 aromatic rings. The van der Waals surface area contributed by atoms with Gasteiger partial charge in [0, 0.05) is 6.54 Å². The molecule has 0 aromatic carbocycles. The number of ether oxygens (including phenoxy) is 1. The van der Waals surface area contributed by atoms with E-state index in [4.69, 9.17) is 0 Å². The number of halogens is 1. The fraction of sp³-hybridized carbons (Fsp3) is 0.778. The van der Waals surface area contributed by atoms with Gasteiger partial charge in [-0.05, 0) is 19.8 Å². The summed E-state index contributed by atoms with van der Waals surface area (Å²) < 4.78 is 4.65. The van der Waals surface area contributed by atoms with Gasteiger partial charge in [-0.25, -0.2) is 4.79 Å². The third-order valence-corrected chi connectivity index (χ3v) is 2.74. The SMILES string of the molecule is COC(=O)[C@@H]1CCCN1C(=O)C(C)Br. The summed E-state index contributed by atoms with van der Waals surface area (Å²) in [7, 11) is 1.35. The second-order valence-corrected chi connectivity index (χ2v) is 4.70. The van der Waals surface area contributed by atoms with Crippen LogP contribution >= 0.6 is 15.9 Å². The second kappa shape index (κ2) is 4.77. The Labute approximate surface area is 91.7 Å². The number of carbonyl (C=O) groups is 2. The molecule has 0 aliphatic carbocycles. The van der Waals surface area contributed by atoms with Crippen LogP contribution in [0.15, 0.2) is 0 Å². The van der Waals surface area contributed by atoms with Crippen LogP contribution in [-0.2, 0) is 14.3 Å². The van der Waals surface area contributed by atoms with Crippen molar-refractivity contribution in [2.45, 2.75) is 30.6 Å². The molecule has 0 saturated carbocycles. The zero-order valence-corrected chi connectivity index (χ0v) is 9.91. The van der Waals surface area contributed by atoms with Gasteiger partial charge in [0.05, 0.1) is 11.9 Å². The maximum Gasteiger partial charge on any atom is 0.328 e. The lowest BCUT2D eigenvalue weighted by Gasteiger charge is -2.23. The van der Waals surface area contributed by atoms with Gasteiger partial charge in [-0.2, -0.15) is 0 Å². The quantitative estimate of drug-likeness (QED) is 0.550. The third-order valence-electron chi connectivity index (χ3n) is 2.35. The molecule has 1 aliphatic heterocycles. The molecule has 1 unspecified atom stereocenters. The van der Waals surface area contributed by atoms with E-state index >= 15 is 0 Å². The number of carbonyl (C=O) groups excluding carboxylic acids is 2. The molecular weight excluding hydrogens is 250 g/mol.